The van der Waals surface area contributed by atoms with Crippen molar-refractivity contribution < 1.29 is 9.47 Å². The van der Waals surface area contributed by atoms with E-state index in [1.54, 1.807) is 7.11 Å². The lowest BCUT2D eigenvalue weighted by molar-refractivity contribution is 0.303. The second kappa shape index (κ2) is 8.27. The van der Waals surface area contributed by atoms with Crippen LogP contribution in [-0.4, -0.2) is 19.5 Å². The van der Waals surface area contributed by atoms with Gasteiger partial charge in [0.2, 0.25) is 0 Å². The molecule has 0 unspecified atom stereocenters. The summed E-state index contributed by atoms with van der Waals surface area (Å²) in [6, 6.07) is 3.81. The third-order valence-electron chi connectivity index (χ3n) is 2.27. The van der Waals surface area contributed by atoms with Crippen molar-refractivity contribution in [3.05, 3.63) is 21.1 Å². The Morgan fingerprint density at radius 3 is 2.35 bits per heavy atom. The predicted octanol–water partition coefficient (Wildman–Crippen LogP) is 4.70. The van der Waals surface area contributed by atoms with Gasteiger partial charge in [0.15, 0.2) is 0 Å². The van der Waals surface area contributed by atoms with E-state index in [1.807, 2.05) is 12.1 Å². The maximum Gasteiger partial charge on any atom is 0.134 e. The summed E-state index contributed by atoms with van der Waals surface area (Å²) in [6.45, 7) is 0.727. The van der Waals surface area contributed by atoms with Crippen LogP contribution in [0.3, 0.4) is 0 Å². The molecule has 1 rings (SSSR count). The van der Waals surface area contributed by atoms with E-state index in [1.165, 1.54) is 0 Å². The highest BCUT2D eigenvalue weighted by Crippen LogP contribution is 2.36. The minimum atomic E-state index is 0.727. The molecule has 1 aromatic rings. The zero-order valence-electron chi connectivity index (χ0n) is 9.71. The number of methoxy groups -OCH3 is 1. The molecule has 0 fully saturated rings. The van der Waals surface area contributed by atoms with Crippen molar-refractivity contribution in [2.24, 2.45) is 0 Å². The molecule has 0 aliphatic rings. The first kappa shape index (κ1) is 15.2. The molecule has 0 aliphatic carbocycles. The fourth-order valence-corrected chi connectivity index (χ4v) is 2.49. The monoisotopic (exact) mass is 382 g/mol. The lowest BCUT2D eigenvalue weighted by atomic mass is 10.2. The molecule has 0 saturated carbocycles. The number of hydrogen-bond donors (Lipinski definition) is 1. The summed E-state index contributed by atoms with van der Waals surface area (Å²) in [5.41, 5.74) is 0. The zero-order chi connectivity index (χ0) is 12.7. The Hall–Kier alpha value is 0.130. The van der Waals surface area contributed by atoms with Crippen molar-refractivity contribution in [3.8, 4) is 11.5 Å². The fraction of sp³-hybridized carbons (Fsp3) is 0.500. The van der Waals surface area contributed by atoms with Crippen molar-refractivity contribution in [2.75, 3.05) is 19.5 Å². The summed E-state index contributed by atoms with van der Waals surface area (Å²) in [7, 11) is 1.64. The molecule has 0 saturated heterocycles. The average molecular weight is 384 g/mol. The third kappa shape index (κ3) is 5.10. The highest BCUT2D eigenvalue weighted by atomic mass is 79.9. The Morgan fingerprint density at radius 1 is 1.06 bits per heavy atom. The Kier molecular flexibility index (Phi) is 7.39. The molecule has 5 heteroatoms. The van der Waals surface area contributed by atoms with Crippen LogP contribution < -0.4 is 9.47 Å². The van der Waals surface area contributed by atoms with Gasteiger partial charge in [-0.1, -0.05) is 0 Å². The van der Waals surface area contributed by atoms with E-state index >= 15 is 0 Å². The SMILES string of the molecule is COc1cc(Br)c(OCCCCCS)cc1Br. The summed E-state index contributed by atoms with van der Waals surface area (Å²) in [5, 5.41) is 0. The maximum atomic E-state index is 5.71. The van der Waals surface area contributed by atoms with Gasteiger partial charge in [0.1, 0.15) is 11.5 Å². The van der Waals surface area contributed by atoms with E-state index in [4.69, 9.17) is 9.47 Å². The summed E-state index contributed by atoms with van der Waals surface area (Å²) in [4.78, 5) is 0. The number of hydrogen-bond acceptors (Lipinski definition) is 3. The van der Waals surface area contributed by atoms with E-state index in [9.17, 15) is 0 Å². The normalized spacial score (nSPS) is 10.4. The van der Waals surface area contributed by atoms with Gasteiger partial charge in [0.05, 0.1) is 22.7 Å². The van der Waals surface area contributed by atoms with Gasteiger partial charge in [-0.15, -0.1) is 0 Å². The van der Waals surface area contributed by atoms with Crippen molar-refractivity contribution in [1.82, 2.24) is 0 Å². The van der Waals surface area contributed by atoms with Crippen LogP contribution >= 0.6 is 44.5 Å². The molecule has 2 nitrogen and oxygen atoms in total. The quantitative estimate of drug-likeness (QED) is 0.543. The first-order valence-electron chi connectivity index (χ1n) is 5.45. The molecule has 0 aromatic heterocycles. The summed E-state index contributed by atoms with van der Waals surface area (Å²) in [5.74, 6) is 2.57. The third-order valence-corrected chi connectivity index (χ3v) is 3.82. The smallest absolute Gasteiger partial charge is 0.134 e. The van der Waals surface area contributed by atoms with E-state index in [0.29, 0.717) is 0 Å². The molecule has 0 amide bonds. The van der Waals surface area contributed by atoms with E-state index in [2.05, 4.69) is 44.5 Å². The first-order chi connectivity index (χ1) is 8.19. The van der Waals surface area contributed by atoms with E-state index in [-0.39, 0.29) is 0 Å². The van der Waals surface area contributed by atoms with Gasteiger partial charge in [-0.05, 0) is 69.0 Å². The second-order valence-electron chi connectivity index (χ2n) is 3.55. The molecule has 1 aromatic carbocycles. The van der Waals surface area contributed by atoms with Crippen molar-refractivity contribution in [1.29, 1.82) is 0 Å². The Bertz CT molecular complexity index is 359. The van der Waals surface area contributed by atoms with Gasteiger partial charge in [0, 0.05) is 0 Å². The molecule has 0 bridgehead atoms. The number of benzene rings is 1. The van der Waals surface area contributed by atoms with Crippen LogP contribution in [0.1, 0.15) is 19.3 Å². The molecule has 0 aliphatic heterocycles. The number of thiol groups is 1. The van der Waals surface area contributed by atoms with Gasteiger partial charge in [-0.25, -0.2) is 0 Å². The lowest BCUT2D eigenvalue weighted by Crippen LogP contribution is -1.98. The van der Waals surface area contributed by atoms with Crippen LogP contribution in [-0.2, 0) is 0 Å². The van der Waals surface area contributed by atoms with Crippen LogP contribution in [0, 0.1) is 0 Å². The number of halogens is 2. The van der Waals surface area contributed by atoms with Crippen molar-refractivity contribution in [2.45, 2.75) is 19.3 Å². The van der Waals surface area contributed by atoms with Gasteiger partial charge in [0.25, 0.3) is 0 Å². The van der Waals surface area contributed by atoms with Gasteiger partial charge >= 0.3 is 0 Å². The van der Waals surface area contributed by atoms with Crippen LogP contribution in [0.4, 0.5) is 0 Å². The number of unbranched alkanes of at least 4 members (excludes halogenated alkanes) is 2. The highest BCUT2D eigenvalue weighted by Gasteiger charge is 2.07. The molecule has 0 heterocycles. The summed E-state index contributed by atoms with van der Waals surface area (Å²) in [6.07, 6.45) is 3.34. The Balaban J connectivity index is 2.51. The molecular weight excluding hydrogens is 368 g/mol. The summed E-state index contributed by atoms with van der Waals surface area (Å²) < 4.78 is 12.7. The van der Waals surface area contributed by atoms with Crippen molar-refractivity contribution >= 4 is 44.5 Å². The molecule has 0 atom stereocenters. The highest BCUT2D eigenvalue weighted by molar-refractivity contribution is 9.11. The summed E-state index contributed by atoms with van der Waals surface area (Å²) >= 11 is 11.1. The van der Waals surface area contributed by atoms with Crippen LogP contribution in [0.5, 0.6) is 11.5 Å². The number of ether oxygens (including phenoxy) is 2. The van der Waals surface area contributed by atoms with Gasteiger partial charge in [-0.3, -0.25) is 0 Å². The molecule has 0 radical (unpaired) electrons. The fourth-order valence-electron chi connectivity index (χ4n) is 1.35. The standard InChI is InChI=1S/C12H16Br2O2S/c1-15-11-7-10(14)12(8-9(11)13)16-5-3-2-4-6-17/h7-8,17H,2-6H2,1H3. The lowest BCUT2D eigenvalue weighted by Gasteiger charge is -2.11. The van der Waals surface area contributed by atoms with E-state index < -0.39 is 0 Å². The largest absolute Gasteiger partial charge is 0.496 e. The molecule has 0 N–H and O–H groups in total. The van der Waals surface area contributed by atoms with Gasteiger partial charge < -0.3 is 9.47 Å². The molecular formula is C12H16Br2O2S. The Morgan fingerprint density at radius 2 is 1.71 bits per heavy atom. The van der Waals surface area contributed by atoms with E-state index in [0.717, 1.165) is 52.1 Å². The number of rotatable bonds is 7. The minimum Gasteiger partial charge on any atom is -0.496 e. The minimum absolute atomic E-state index is 0.727. The average Bonchev–Trinajstić information content (AvgIpc) is 2.32. The van der Waals surface area contributed by atoms with Crippen LogP contribution in [0.2, 0.25) is 0 Å². The predicted molar refractivity (Wildman–Crippen MR) is 81.6 cm³/mol. The zero-order valence-corrected chi connectivity index (χ0v) is 13.8. The van der Waals surface area contributed by atoms with Crippen LogP contribution in [0.25, 0.3) is 0 Å². The Labute approximate surface area is 125 Å². The maximum absolute atomic E-state index is 5.71. The molecule has 0 spiro atoms. The van der Waals surface area contributed by atoms with Crippen LogP contribution in [0.15, 0.2) is 21.1 Å². The first-order valence-corrected chi connectivity index (χ1v) is 7.67. The topological polar surface area (TPSA) is 18.5 Å². The van der Waals surface area contributed by atoms with Gasteiger partial charge in [-0.2, -0.15) is 12.6 Å². The second-order valence-corrected chi connectivity index (χ2v) is 5.71. The molecule has 17 heavy (non-hydrogen) atoms. The van der Waals surface area contributed by atoms with Crippen molar-refractivity contribution in [3.63, 3.8) is 0 Å². The molecule has 96 valence electrons.